The van der Waals surface area contributed by atoms with Crippen molar-refractivity contribution >= 4 is 27.8 Å². The van der Waals surface area contributed by atoms with Gasteiger partial charge in [-0.15, -0.1) is 21.5 Å². The summed E-state index contributed by atoms with van der Waals surface area (Å²) in [6, 6.07) is 4.04. The van der Waals surface area contributed by atoms with Crippen LogP contribution in [0.2, 0.25) is 0 Å². The summed E-state index contributed by atoms with van der Waals surface area (Å²) in [7, 11) is 0. The summed E-state index contributed by atoms with van der Waals surface area (Å²) >= 11 is 3.34. The lowest BCUT2D eigenvalue weighted by molar-refractivity contribution is 0.0961. The van der Waals surface area contributed by atoms with Gasteiger partial charge >= 0.3 is 0 Å². The molecule has 0 spiro atoms. The van der Waals surface area contributed by atoms with Gasteiger partial charge in [0.05, 0.1) is 6.10 Å². The van der Waals surface area contributed by atoms with Crippen molar-refractivity contribution in [3.8, 4) is 0 Å². The average molecular weight is 323 g/mol. The van der Waals surface area contributed by atoms with Crippen LogP contribution in [0.15, 0.2) is 17.5 Å². The van der Waals surface area contributed by atoms with Crippen LogP contribution in [0.4, 0.5) is 5.13 Å². The molecule has 2 aromatic heterocycles. The Morgan fingerprint density at radius 3 is 2.62 bits per heavy atom. The largest absolute Gasteiger partial charge is 0.387 e. The summed E-state index contributed by atoms with van der Waals surface area (Å²) in [4.78, 5) is 3.40. The number of nitrogens with zero attached hydrogens (tertiary/aromatic N) is 3. The second kappa shape index (κ2) is 6.42. The fourth-order valence-electron chi connectivity index (χ4n) is 2.69. The van der Waals surface area contributed by atoms with E-state index in [2.05, 4.69) is 28.9 Å². The maximum Gasteiger partial charge on any atom is 0.208 e. The Bertz CT molecular complexity index is 559. The highest BCUT2D eigenvalue weighted by atomic mass is 32.1. The minimum atomic E-state index is -0.312. The van der Waals surface area contributed by atoms with E-state index in [0.29, 0.717) is 11.8 Å². The van der Waals surface area contributed by atoms with E-state index in [-0.39, 0.29) is 6.10 Å². The predicted molar refractivity (Wildman–Crippen MR) is 88.2 cm³/mol. The normalized spacial score (nSPS) is 18.4. The molecule has 1 saturated heterocycles. The lowest BCUT2D eigenvalue weighted by Gasteiger charge is -2.33. The minimum absolute atomic E-state index is 0.312. The molecule has 3 heterocycles. The molecule has 2 aromatic rings. The molecule has 0 amide bonds. The van der Waals surface area contributed by atoms with E-state index >= 15 is 0 Å². The number of aromatic nitrogens is 2. The van der Waals surface area contributed by atoms with Crippen molar-refractivity contribution in [2.45, 2.75) is 38.7 Å². The summed E-state index contributed by atoms with van der Waals surface area (Å²) in [6.45, 7) is 6.21. The van der Waals surface area contributed by atoms with E-state index in [9.17, 15) is 5.11 Å². The van der Waals surface area contributed by atoms with Gasteiger partial charge in [-0.25, -0.2) is 0 Å². The number of hydrogen-bond acceptors (Lipinski definition) is 6. The number of aliphatic hydroxyl groups is 1. The molecule has 1 atom stereocenters. The molecule has 6 heteroatoms. The zero-order valence-electron chi connectivity index (χ0n) is 12.4. The quantitative estimate of drug-likeness (QED) is 0.932. The topological polar surface area (TPSA) is 49.2 Å². The molecule has 0 aromatic carbocycles. The lowest BCUT2D eigenvalue weighted by atomic mass is 9.90. The molecular weight excluding hydrogens is 302 g/mol. The van der Waals surface area contributed by atoms with Gasteiger partial charge in [0.2, 0.25) is 5.13 Å². The molecule has 1 N–H and O–H groups in total. The third-order valence-electron chi connectivity index (χ3n) is 4.02. The van der Waals surface area contributed by atoms with Crippen molar-refractivity contribution < 1.29 is 5.11 Å². The van der Waals surface area contributed by atoms with Gasteiger partial charge in [-0.1, -0.05) is 31.3 Å². The molecule has 0 saturated carbocycles. The van der Waals surface area contributed by atoms with Crippen molar-refractivity contribution in [1.82, 2.24) is 10.2 Å². The van der Waals surface area contributed by atoms with Crippen LogP contribution in [0.1, 0.15) is 48.6 Å². The van der Waals surface area contributed by atoms with E-state index in [4.69, 9.17) is 0 Å². The van der Waals surface area contributed by atoms with Crippen molar-refractivity contribution in [3.63, 3.8) is 0 Å². The molecule has 3 rings (SSSR count). The smallest absolute Gasteiger partial charge is 0.208 e. The van der Waals surface area contributed by atoms with Gasteiger partial charge in [-0.2, -0.15) is 0 Å². The van der Waals surface area contributed by atoms with Gasteiger partial charge in [0.15, 0.2) is 0 Å². The summed E-state index contributed by atoms with van der Waals surface area (Å²) in [6.07, 6.45) is 1.71. The third kappa shape index (κ3) is 3.27. The van der Waals surface area contributed by atoms with Crippen molar-refractivity contribution in [1.29, 1.82) is 0 Å². The van der Waals surface area contributed by atoms with Crippen molar-refractivity contribution in [2.24, 2.45) is 5.92 Å². The Kier molecular flexibility index (Phi) is 4.57. The van der Waals surface area contributed by atoms with E-state index in [1.807, 2.05) is 17.5 Å². The lowest BCUT2D eigenvalue weighted by Crippen LogP contribution is -2.35. The molecule has 21 heavy (non-hydrogen) atoms. The molecule has 114 valence electrons. The van der Waals surface area contributed by atoms with Gasteiger partial charge < -0.3 is 10.0 Å². The summed E-state index contributed by atoms with van der Waals surface area (Å²) in [5, 5.41) is 23.2. The van der Waals surface area contributed by atoms with E-state index < -0.39 is 0 Å². The molecule has 0 radical (unpaired) electrons. The molecule has 1 aliphatic rings. The van der Waals surface area contributed by atoms with Crippen LogP contribution in [0.5, 0.6) is 0 Å². The number of thiophene rings is 1. The number of rotatable bonds is 4. The first-order chi connectivity index (χ1) is 10.1. The standard InChI is InChI=1S/C15H21N3OS2/c1-10(2)14-16-17-15(21-14)18-7-5-11(6-8-18)13(19)12-4-3-9-20-12/h3-4,9-11,13,19H,5-8H2,1-2H3. The predicted octanol–water partition coefficient (Wildman–Crippen LogP) is 3.67. The second-order valence-electron chi connectivity index (χ2n) is 5.86. The van der Waals surface area contributed by atoms with Gasteiger partial charge in [0.1, 0.15) is 5.01 Å². The minimum Gasteiger partial charge on any atom is -0.387 e. The number of hydrogen-bond donors (Lipinski definition) is 1. The number of anilines is 1. The first-order valence-corrected chi connectivity index (χ1v) is 9.14. The van der Waals surface area contributed by atoms with E-state index in [0.717, 1.165) is 40.9 Å². The van der Waals surface area contributed by atoms with Crippen LogP contribution in [0.3, 0.4) is 0 Å². The van der Waals surface area contributed by atoms with Crippen LogP contribution in [0.25, 0.3) is 0 Å². The molecule has 0 aliphatic carbocycles. The van der Waals surface area contributed by atoms with Crippen molar-refractivity contribution in [3.05, 3.63) is 27.4 Å². The van der Waals surface area contributed by atoms with Crippen LogP contribution in [0, 0.1) is 5.92 Å². The fourth-order valence-corrected chi connectivity index (χ4v) is 4.39. The SMILES string of the molecule is CC(C)c1nnc(N2CCC(C(O)c3cccs3)CC2)s1. The van der Waals surface area contributed by atoms with Crippen LogP contribution in [-0.4, -0.2) is 28.4 Å². The maximum absolute atomic E-state index is 10.4. The van der Waals surface area contributed by atoms with Gasteiger partial charge in [-0.05, 0) is 30.2 Å². The zero-order chi connectivity index (χ0) is 14.8. The highest BCUT2D eigenvalue weighted by Gasteiger charge is 2.28. The Labute approximate surface area is 133 Å². The summed E-state index contributed by atoms with van der Waals surface area (Å²) in [5.41, 5.74) is 0. The first kappa shape index (κ1) is 14.9. The molecular formula is C15H21N3OS2. The first-order valence-electron chi connectivity index (χ1n) is 7.45. The van der Waals surface area contributed by atoms with Gasteiger partial charge in [-0.3, -0.25) is 0 Å². The van der Waals surface area contributed by atoms with E-state index in [1.54, 1.807) is 22.7 Å². The third-order valence-corrected chi connectivity index (χ3v) is 6.24. The average Bonchev–Trinajstić information content (AvgIpc) is 3.18. The van der Waals surface area contributed by atoms with Gasteiger partial charge in [0, 0.05) is 23.9 Å². The van der Waals surface area contributed by atoms with Crippen molar-refractivity contribution in [2.75, 3.05) is 18.0 Å². The summed E-state index contributed by atoms with van der Waals surface area (Å²) < 4.78 is 0. The van der Waals surface area contributed by atoms with E-state index in [1.165, 1.54) is 0 Å². The Balaban J connectivity index is 1.59. The monoisotopic (exact) mass is 323 g/mol. The summed E-state index contributed by atoms with van der Waals surface area (Å²) in [5.74, 6) is 0.798. The number of aliphatic hydroxyl groups excluding tert-OH is 1. The van der Waals surface area contributed by atoms with Crippen LogP contribution < -0.4 is 4.90 Å². The molecule has 1 fully saturated rings. The Morgan fingerprint density at radius 2 is 2.05 bits per heavy atom. The molecule has 0 bridgehead atoms. The second-order valence-corrected chi connectivity index (χ2v) is 7.83. The molecule has 1 unspecified atom stereocenters. The maximum atomic E-state index is 10.4. The number of piperidine rings is 1. The molecule has 1 aliphatic heterocycles. The molecule has 4 nitrogen and oxygen atoms in total. The fraction of sp³-hybridized carbons (Fsp3) is 0.600. The van der Waals surface area contributed by atoms with Crippen LogP contribution in [-0.2, 0) is 0 Å². The highest BCUT2D eigenvalue weighted by molar-refractivity contribution is 7.15. The Hall–Kier alpha value is -0.980. The van der Waals surface area contributed by atoms with Gasteiger partial charge in [0.25, 0.3) is 0 Å². The Morgan fingerprint density at radius 1 is 1.29 bits per heavy atom. The van der Waals surface area contributed by atoms with Crippen LogP contribution >= 0.6 is 22.7 Å². The zero-order valence-corrected chi connectivity index (χ0v) is 14.0. The highest BCUT2D eigenvalue weighted by Crippen LogP contribution is 2.35.